The lowest BCUT2D eigenvalue weighted by molar-refractivity contribution is 0.504. The molecule has 7 heteroatoms. The highest BCUT2D eigenvalue weighted by atomic mass is 32.1. The summed E-state index contributed by atoms with van der Waals surface area (Å²) in [5, 5.41) is 2.63. The number of hydrogen-bond acceptors (Lipinski definition) is 4. The van der Waals surface area contributed by atoms with Crippen molar-refractivity contribution in [2.75, 3.05) is 5.73 Å². The van der Waals surface area contributed by atoms with E-state index in [2.05, 4.69) is 9.97 Å². The van der Waals surface area contributed by atoms with Crippen LogP contribution in [0.15, 0.2) is 23.7 Å². The Kier molecular flexibility index (Phi) is 3.13. The maximum atomic E-state index is 14.1. The van der Waals surface area contributed by atoms with Crippen LogP contribution in [0.4, 0.5) is 14.7 Å². The van der Waals surface area contributed by atoms with E-state index >= 15 is 0 Å². The molecule has 104 valence electrons. The molecule has 3 aromatic rings. The third-order valence-corrected chi connectivity index (χ3v) is 4.08. The molecule has 0 aliphatic rings. The van der Waals surface area contributed by atoms with E-state index in [4.69, 9.17) is 5.73 Å². The van der Waals surface area contributed by atoms with Crippen LogP contribution >= 0.6 is 11.3 Å². The van der Waals surface area contributed by atoms with Gasteiger partial charge in [0.15, 0.2) is 11.6 Å². The number of nitrogens with zero attached hydrogens (tertiary/aromatic N) is 3. The Bertz CT molecular complexity index is 751. The Labute approximate surface area is 117 Å². The molecule has 3 rings (SSSR count). The minimum absolute atomic E-state index is 0.0875. The van der Waals surface area contributed by atoms with E-state index in [-0.39, 0.29) is 17.5 Å². The highest BCUT2D eigenvalue weighted by Crippen LogP contribution is 2.32. The second-order valence-electron chi connectivity index (χ2n) is 4.36. The second-order valence-corrected chi connectivity index (χ2v) is 5.29. The number of hydrogen-bond donors (Lipinski definition) is 1. The molecule has 0 saturated heterocycles. The maximum Gasteiger partial charge on any atom is 0.201 e. The summed E-state index contributed by atoms with van der Waals surface area (Å²) >= 11 is 1.45. The summed E-state index contributed by atoms with van der Waals surface area (Å²) in [5.41, 5.74) is 6.33. The van der Waals surface area contributed by atoms with E-state index in [0.29, 0.717) is 11.9 Å². The molecular weight excluding hydrogens is 282 g/mol. The van der Waals surface area contributed by atoms with Crippen LogP contribution < -0.4 is 5.73 Å². The molecule has 0 fully saturated rings. The number of thiazole rings is 1. The molecule has 0 aliphatic carbocycles. The van der Waals surface area contributed by atoms with Crippen LogP contribution in [0.3, 0.4) is 0 Å². The zero-order valence-electron chi connectivity index (χ0n) is 10.7. The Balaban J connectivity index is 2.29. The van der Waals surface area contributed by atoms with Crippen LogP contribution in [-0.2, 0) is 0 Å². The van der Waals surface area contributed by atoms with Crippen molar-refractivity contribution in [1.29, 1.82) is 0 Å². The van der Waals surface area contributed by atoms with Crippen molar-refractivity contribution >= 4 is 28.3 Å². The van der Waals surface area contributed by atoms with Gasteiger partial charge in [-0.25, -0.2) is 18.7 Å². The molecule has 2 N–H and O–H groups in total. The highest BCUT2D eigenvalue weighted by Gasteiger charge is 2.23. The van der Waals surface area contributed by atoms with E-state index in [1.54, 1.807) is 6.20 Å². The van der Waals surface area contributed by atoms with Crippen molar-refractivity contribution < 1.29 is 8.78 Å². The first-order chi connectivity index (χ1) is 9.63. The summed E-state index contributed by atoms with van der Waals surface area (Å²) in [7, 11) is 0. The maximum absolute atomic E-state index is 14.1. The van der Waals surface area contributed by atoms with Crippen LogP contribution in [0.5, 0.6) is 0 Å². The quantitative estimate of drug-likeness (QED) is 0.806. The Morgan fingerprint density at radius 2 is 2.20 bits per heavy atom. The molecule has 0 spiro atoms. The number of rotatable bonds is 3. The summed E-state index contributed by atoms with van der Waals surface area (Å²) in [6, 6.07) is 2.23. The zero-order chi connectivity index (χ0) is 14.3. The molecule has 0 bridgehead atoms. The standard InChI is InChI=1S/C13H12F2N4S/c1-2-9(12-17-5-6-20-12)19-11-8(18-13(19)16)4-3-7(14)10(11)15/h3-6,9H,2H2,1H3,(H2,16,18). The van der Waals surface area contributed by atoms with Crippen LogP contribution in [0, 0.1) is 11.6 Å². The molecule has 0 aliphatic heterocycles. The third-order valence-electron chi connectivity index (χ3n) is 3.21. The fourth-order valence-electron chi connectivity index (χ4n) is 2.32. The first kappa shape index (κ1) is 13.0. The van der Waals surface area contributed by atoms with Crippen LogP contribution in [0.1, 0.15) is 24.4 Å². The van der Waals surface area contributed by atoms with E-state index in [1.165, 1.54) is 22.0 Å². The second kappa shape index (κ2) is 4.82. The summed E-state index contributed by atoms with van der Waals surface area (Å²) in [6.07, 6.45) is 2.33. The van der Waals surface area contributed by atoms with Gasteiger partial charge in [-0.3, -0.25) is 4.57 Å². The SMILES string of the molecule is CCC(c1nccs1)n1c(N)nc2ccc(F)c(F)c21. The lowest BCUT2D eigenvalue weighted by atomic mass is 10.2. The van der Waals surface area contributed by atoms with Gasteiger partial charge in [0.2, 0.25) is 5.95 Å². The average Bonchev–Trinajstić information content (AvgIpc) is 3.05. The first-order valence-corrected chi connectivity index (χ1v) is 7.02. The number of nitrogens with two attached hydrogens (primary N) is 1. The van der Waals surface area contributed by atoms with E-state index in [9.17, 15) is 8.78 Å². The fraction of sp³-hybridized carbons (Fsp3) is 0.231. The van der Waals surface area contributed by atoms with Gasteiger partial charge in [0, 0.05) is 11.6 Å². The molecule has 2 aromatic heterocycles. The molecule has 0 radical (unpaired) electrons. The Hall–Kier alpha value is -2.02. The van der Waals surface area contributed by atoms with Crippen molar-refractivity contribution in [3.05, 3.63) is 40.4 Å². The number of halogens is 2. The van der Waals surface area contributed by atoms with Gasteiger partial charge < -0.3 is 5.73 Å². The van der Waals surface area contributed by atoms with Crippen LogP contribution in [0.25, 0.3) is 11.0 Å². The number of aromatic nitrogens is 3. The van der Waals surface area contributed by atoms with Gasteiger partial charge in [-0.15, -0.1) is 11.3 Å². The number of nitrogen functional groups attached to an aromatic ring is 1. The van der Waals surface area contributed by atoms with Gasteiger partial charge in [-0.1, -0.05) is 6.92 Å². The Morgan fingerprint density at radius 3 is 2.85 bits per heavy atom. The largest absolute Gasteiger partial charge is 0.369 e. The van der Waals surface area contributed by atoms with Crippen molar-refractivity contribution in [3.8, 4) is 0 Å². The molecule has 4 nitrogen and oxygen atoms in total. The van der Waals surface area contributed by atoms with Gasteiger partial charge in [-0.05, 0) is 18.6 Å². The molecular formula is C13H12F2N4S. The molecule has 0 amide bonds. The molecule has 1 aromatic carbocycles. The number of fused-ring (bicyclic) bond motifs is 1. The van der Waals surface area contributed by atoms with Gasteiger partial charge in [0.1, 0.15) is 10.5 Å². The summed E-state index contributed by atoms with van der Waals surface area (Å²) < 4.78 is 29.1. The van der Waals surface area contributed by atoms with Crippen molar-refractivity contribution in [2.24, 2.45) is 0 Å². The highest BCUT2D eigenvalue weighted by molar-refractivity contribution is 7.09. The van der Waals surface area contributed by atoms with Crippen LogP contribution in [0.2, 0.25) is 0 Å². The van der Waals surface area contributed by atoms with Gasteiger partial charge in [0.05, 0.1) is 11.6 Å². The van der Waals surface area contributed by atoms with E-state index in [1.807, 2.05) is 12.3 Å². The Morgan fingerprint density at radius 1 is 1.40 bits per heavy atom. The van der Waals surface area contributed by atoms with Crippen LogP contribution in [-0.4, -0.2) is 14.5 Å². The summed E-state index contributed by atoms with van der Waals surface area (Å²) in [5.74, 6) is -1.68. The minimum Gasteiger partial charge on any atom is -0.369 e. The lowest BCUT2D eigenvalue weighted by Gasteiger charge is -2.16. The predicted molar refractivity (Wildman–Crippen MR) is 74.6 cm³/mol. The molecule has 2 heterocycles. The van der Waals surface area contributed by atoms with Crippen molar-refractivity contribution in [3.63, 3.8) is 0 Å². The van der Waals surface area contributed by atoms with Gasteiger partial charge >= 0.3 is 0 Å². The molecule has 20 heavy (non-hydrogen) atoms. The van der Waals surface area contributed by atoms with Gasteiger partial charge in [0.25, 0.3) is 0 Å². The van der Waals surface area contributed by atoms with E-state index < -0.39 is 11.6 Å². The van der Waals surface area contributed by atoms with Crippen molar-refractivity contribution in [1.82, 2.24) is 14.5 Å². The normalized spacial score (nSPS) is 12.9. The minimum atomic E-state index is -0.929. The van der Waals surface area contributed by atoms with Crippen molar-refractivity contribution in [2.45, 2.75) is 19.4 Å². The smallest absolute Gasteiger partial charge is 0.201 e. The van der Waals surface area contributed by atoms with E-state index in [0.717, 1.165) is 11.1 Å². The lowest BCUT2D eigenvalue weighted by Crippen LogP contribution is -2.13. The molecule has 1 atom stereocenters. The number of imidazole rings is 1. The zero-order valence-corrected chi connectivity index (χ0v) is 11.5. The summed E-state index contributed by atoms with van der Waals surface area (Å²) in [4.78, 5) is 8.35. The average molecular weight is 294 g/mol. The number of anilines is 1. The number of benzene rings is 1. The fourth-order valence-corrected chi connectivity index (χ4v) is 3.14. The molecule has 0 saturated carbocycles. The monoisotopic (exact) mass is 294 g/mol. The first-order valence-electron chi connectivity index (χ1n) is 6.14. The topological polar surface area (TPSA) is 56.7 Å². The predicted octanol–water partition coefficient (Wildman–Crippen LogP) is 3.35. The van der Waals surface area contributed by atoms with Gasteiger partial charge in [-0.2, -0.15) is 0 Å². The summed E-state index contributed by atoms with van der Waals surface area (Å²) in [6.45, 7) is 1.94. The third kappa shape index (κ3) is 1.85. The molecule has 1 unspecified atom stereocenters.